The van der Waals surface area contributed by atoms with E-state index < -0.39 is 0 Å². The average molecular weight is 380 g/mol. The second-order valence-corrected chi connectivity index (χ2v) is 8.15. The summed E-state index contributed by atoms with van der Waals surface area (Å²) in [5.41, 5.74) is 7.79. The molecule has 5 rings (SSSR count). The Balaban J connectivity index is 1.62. The summed E-state index contributed by atoms with van der Waals surface area (Å²) >= 11 is 0. The normalized spacial score (nSPS) is 12.9. The van der Waals surface area contributed by atoms with Crippen LogP contribution in [0.15, 0.2) is 97.1 Å². The van der Waals surface area contributed by atoms with Crippen molar-refractivity contribution in [1.29, 1.82) is 0 Å². The first-order valence-corrected chi connectivity index (χ1v) is 10.5. The van der Waals surface area contributed by atoms with E-state index >= 15 is 0 Å². The second-order valence-electron chi connectivity index (χ2n) is 7.21. The van der Waals surface area contributed by atoms with Crippen LogP contribution in [-0.4, -0.2) is 0 Å². The Kier molecular flexibility index (Phi) is 4.69. The molecular weight excluding hydrogens is 359 g/mol. The first kappa shape index (κ1) is 17.2. The fourth-order valence-electron chi connectivity index (χ4n) is 3.87. The van der Waals surface area contributed by atoms with Gasteiger partial charge in [0.25, 0.3) is 0 Å². The molecule has 0 spiro atoms. The van der Waals surface area contributed by atoms with Gasteiger partial charge in [0.2, 0.25) is 0 Å². The predicted molar refractivity (Wildman–Crippen MR) is 119 cm³/mol. The van der Waals surface area contributed by atoms with Gasteiger partial charge in [0.15, 0.2) is 0 Å². The Morgan fingerprint density at radius 2 is 1.21 bits per heavy atom. The molecule has 0 fully saturated rings. The van der Waals surface area contributed by atoms with Crippen LogP contribution < -0.4 is 9.83 Å². The van der Waals surface area contributed by atoms with Crippen LogP contribution in [-0.2, 0) is 12.8 Å². The highest BCUT2D eigenvalue weighted by Crippen LogP contribution is 2.43. The van der Waals surface area contributed by atoms with E-state index in [1.165, 1.54) is 38.7 Å². The molecule has 1 unspecified atom stereocenters. The fourth-order valence-corrected chi connectivity index (χ4v) is 4.81. The summed E-state index contributed by atoms with van der Waals surface area (Å²) in [4.78, 5) is 0. The third-order valence-corrected chi connectivity index (χ3v) is 6.16. The van der Waals surface area contributed by atoms with Gasteiger partial charge < -0.3 is 4.52 Å². The maximum absolute atomic E-state index is 6.29. The number of hydrogen-bond donors (Lipinski definition) is 0. The van der Waals surface area contributed by atoms with E-state index in [1.54, 1.807) is 0 Å². The van der Waals surface area contributed by atoms with Gasteiger partial charge in [-0.05, 0) is 40.3 Å². The monoisotopic (exact) mass is 380 g/mol. The molecule has 4 aromatic rings. The van der Waals surface area contributed by atoms with Crippen molar-refractivity contribution in [2.24, 2.45) is 0 Å². The number of fused-ring (bicyclic) bond motifs is 3. The standard InChI is InChI=1S/C26H21OP/c1-3-9-19(10-4-1)15-21-17-22(16-20-11-5-2-6-12-20)26-24(18-21)23-13-7-8-14-25(23)28-27-26/h1-14,17-18,28H,15-16H2. The molecule has 0 radical (unpaired) electrons. The summed E-state index contributed by atoms with van der Waals surface area (Å²) in [6.45, 7) is 0. The molecule has 0 saturated heterocycles. The Labute approximate surface area is 167 Å². The topological polar surface area (TPSA) is 9.23 Å². The van der Waals surface area contributed by atoms with Crippen molar-refractivity contribution in [2.75, 3.05) is 0 Å². The zero-order chi connectivity index (χ0) is 18.8. The summed E-state index contributed by atoms with van der Waals surface area (Å²) in [7, 11) is 0.367. The summed E-state index contributed by atoms with van der Waals surface area (Å²) in [5.74, 6) is 1.05. The van der Waals surface area contributed by atoms with Crippen LogP contribution in [0, 0.1) is 0 Å². The highest BCUT2D eigenvalue weighted by molar-refractivity contribution is 7.43. The zero-order valence-electron chi connectivity index (χ0n) is 15.6. The highest BCUT2D eigenvalue weighted by Gasteiger charge is 2.21. The molecule has 0 saturated carbocycles. The van der Waals surface area contributed by atoms with Crippen molar-refractivity contribution in [3.05, 3.63) is 119 Å². The second kappa shape index (κ2) is 7.62. The lowest BCUT2D eigenvalue weighted by atomic mass is 9.92. The molecule has 2 heteroatoms. The summed E-state index contributed by atoms with van der Waals surface area (Å²) in [6, 6.07) is 34.6. The Hall–Kier alpha value is -2.89. The van der Waals surface area contributed by atoms with Crippen LogP contribution in [0.4, 0.5) is 0 Å². The lowest BCUT2D eigenvalue weighted by Crippen LogP contribution is -2.10. The van der Waals surface area contributed by atoms with Crippen LogP contribution >= 0.6 is 8.81 Å². The molecule has 0 bridgehead atoms. The molecule has 0 amide bonds. The Morgan fingerprint density at radius 3 is 1.96 bits per heavy atom. The molecule has 0 aromatic heterocycles. The van der Waals surface area contributed by atoms with Gasteiger partial charge >= 0.3 is 0 Å². The Bertz CT molecular complexity index is 1100. The van der Waals surface area contributed by atoms with E-state index in [0.717, 1.165) is 18.6 Å². The lowest BCUT2D eigenvalue weighted by molar-refractivity contribution is 0.628. The van der Waals surface area contributed by atoms with Gasteiger partial charge in [0.1, 0.15) is 14.6 Å². The minimum Gasteiger partial charge on any atom is -0.471 e. The third kappa shape index (κ3) is 3.46. The largest absolute Gasteiger partial charge is 0.471 e. The van der Waals surface area contributed by atoms with Crippen molar-refractivity contribution in [3.63, 3.8) is 0 Å². The number of hydrogen-bond acceptors (Lipinski definition) is 1. The molecule has 1 aliphatic rings. The maximum atomic E-state index is 6.29. The zero-order valence-corrected chi connectivity index (χ0v) is 16.6. The van der Waals surface area contributed by atoms with Crippen LogP contribution in [0.5, 0.6) is 5.75 Å². The molecule has 1 nitrogen and oxygen atoms in total. The minimum atomic E-state index is 0.367. The quantitative estimate of drug-likeness (QED) is 0.386. The molecule has 1 atom stereocenters. The van der Waals surface area contributed by atoms with Gasteiger partial charge in [0.05, 0.1) is 0 Å². The van der Waals surface area contributed by atoms with E-state index in [0.29, 0.717) is 8.81 Å². The number of benzene rings is 4. The van der Waals surface area contributed by atoms with Crippen LogP contribution in [0.3, 0.4) is 0 Å². The van der Waals surface area contributed by atoms with Gasteiger partial charge in [-0.3, -0.25) is 0 Å². The fraction of sp³-hybridized carbons (Fsp3) is 0.0769. The first-order chi connectivity index (χ1) is 13.9. The molecular formula is C26H21OP. The molecule has 4 aromatic carbocycles. The smallest absolute Gasteiger partial charge is 0.134 e. The Morgan fingerprint density at radius 1 is 0.571 bits per heavy atom. The maximum Gasteiger partial charge on any atom is 0.134 e. The molecule has 28 heavy (non-hydrogen) atoms. The third-order valence-electron chi connectivity index (χ3n) is 5.19. The van der Waals surface area contributed by atoms with Crippen LogP contribution in [0.2, 0.25) is 0 Å². The molecule has 136 valence electrons. The van der Waals surface area contributed by atoms with Crippen molar-refractivity contribution in [2.45, 2.75) is 12.8 Å². The summed E-state index contributed by atoms with van der Waals surface area (Å²) < 4.78 is 6.29. The van der Waals surface area contributed by atoms with Gasteiger partial charge in [-0.2, -0.15) is 0 Å². The minimum absolute atomic E-state index is 0.367. The van der Waals surface area contributed by atoms with E-state index in [1.807, 2.05) is 0 Å². The first-order valence-electron chi connectivity index (χ1n) is 9.63. The lowest BCUT2D eigenvalue weighted by Gasteiger charge is -2.24. The van der Waals surface area contributed by atoms with Gasteiger partial charge in [-0.15, -0.1) is 0 Å². The van der Waals surface area contributed by atoms with Crippen molar-refractivity contribution >= 4 is 14.1 Å². The van der Waals surface area contributed by atoms with Crippen molar-refractivity contribution < 1.29 is 4.52 Å². The molecule has 0 N–H and O–H groups in total. The predicted octanol–water partition coefficient (Wildman–Crippen LogP) is 6.15. The molecule has 0 aliphatic carbocycles. The van der Waals surface area contributed by atoms with Gasteiger partial charge in [0, 0.05) is 17.3 Å². The highest BCUT2D eigenvalue weighted by atomic mass is 31.1. The summed E-state index contributed by atoms with van der Waals surface area (Å²) in [5, 5.41) is 1.29. The van der Waals surface area contributed by atoms with Crippen LogP contribution in [0.25, 0.3) is 11.1 Å². The van der Waals surface area contributed by atoms with E-state index in [-0.39, 0.29) is 0 Å². The van der Waals surface area contributed by atoms with Crippen molar-refractivity contribution in [1.82, 2.24) is 0 Å². The molecule has 1 heterocycles. The van der Waals surface area contributed by atoms with Gasteiger partial charge in [-0.25, -0.2) is 0 Å². The van der Waals surface area contributed by atoms with E-state index in [4.69, 9.17) is 4.52 Å². The van der Waals surface area contributed by atoms with E-state index in [2.05, 4.69) is 97.1 Å². The average Bonchev–Trinajstić information content (AvgIpc) is 2.75. The van der Waals surface area contributed by atoms with E-state index in [9.17, 15) is 0 Å². The van der Waals surface area contributed by atoms with Crippen LogP contribution in [0.1, 0.15) is 22.3 Å². The summed E-state index contributed by atoms with van der Waals surface area (Å²) in [6.07, 6.45) is 1.82. The number of rotatable bonds is 4. The molecule has 1 aliphatic heterocycles. The van der Waals surface area contributed by atoms with Crippen molar-refractivity contribution in [3.8, 4) is 16.9 Å². The SMILES string of the molecule is c1ccc(Cc2cc(Cc3ccccc3)c3c(c2)-c2ccccc2PO3)cc1. The van der Waals surface area contributed by atoms with Gasteiger partial charge in [-0.1, -0.05) is 91.0 Å².